The summed E-state index contributed by atoms with van der Waals surface area (Å²) in [7, 11) is 0. The first-order valence-corrected chi connectivity index (χ1v) is 7.20. The first-order valence-electron chi connectivity index (χ1n) is 7.20. The number of rotatable bonds is 0. The molecule has 0 spiro atoms. The topological polar surface area (TPSA) is 26.3 Å². The van der Waals surface area contributed by atoms with Gasteiger partial charge in [0.1, 0.15) is 0 Å². The third-order valence-electron chi connectivity index (χ3n) is 3.20. The Morgan fingerprint density at radius 3 is 2.12 bits per heavy atom. The van der Waals surface area contributed by atoms with Gasteiger partial charge in [-0.1, -0.05) is 44.3 Å². The van der Waals surface area contributed by atoms with Gasteiger partial charge >= 0.3 is 5.97 Å². The highest BCUT2D eigenvalue weighted by Gasteiger charge is 2.01. The summed E-state index contributed by atoms with van der Waals surface area (Å²) >= 11 is 0. The Bertz CT molecular complexity index is 221. The molecule has 2 nitrogen and oxygen atoms in total. The van der Waals surface area contributed by atoms with E-state index in [1.807, 2.05) is 0 Å². The Hall–Kier alpha value is -0.790. The lowest BCUT2D eigenvalue weighted by molar-refractivity contribution is -0.143. The van der Waals surface area contributed by atoms with E-state index < -0.39 is 0 Å². The third-order valence-corrected chi connectivity index (χ3v) is 3.20. The summed E-state index contributed by atoms with van der Waals surface area (Å²) in [6.07, 6.45) is 17.1. The molecule has 2 heteroatoms. The Labute approximate surface area is 105 Å². The maximum Gasteiger partial charge on any atom is 0.305 e. The fourth-order valence-electron chi connectivity index (χ4n) is 2.11. The van der Waals surface area contributed by atoms with E-state index in [0.29, 0.717) is 13.0 Å². The van der Waals surface area contributed by atoms with Gasteiger partial charge in [-0.2, -0.15) is 0 Å². The van der Waals surface area contributed by atoms with Crippen LogP contribution in [0.1, 0.15) is 70.6 Å². The average molecular weight is 238 g/mol. The summed E-state index contributed by atoms with van der Waals surface area (Å²) in [6, 6.07) is 0. The predicted molar refractivity (Wildman–Crippen MR) is 70.9 cm³/mol. The van der Waals surface area contributed by atoms with Crippen molar-refractivity contribution < 1.29 is 9.53 Å². The summed E-state index contributed by atoms with van der Waals surface area (Å²) in [5.74, 6) is -0.0227. The van der Waals surface area contributed by atoms with Crippen LogP contribution in [0.4, 0.5) is 0 Å². The Morgan fingerprint density at radius 1 is 0.765 bits per heavy atom. The van der Waals surface area contributed by atoms with Crippen LogP contribution in [0.15, 0.2) is 12.2 Å². The lowest BCUT2D eigenvalue weighted by Crippen LogP contribution is -2.05. The summed E-state index contributed by atoms with van der Waals surface area (Å²) in [6.45, 7) is 0.620. The molecule has 0 amide bonds. The number of ether oxygens (including phenoxy) is 1. The normalized spacial score (nSPS) is 22.0. The Kier molecular flexibility index (Phi) is 8.71. The van der Waals surface area contributed by atoms with Gasteiger partial charge in [-0.05, 0) is 32.1 Å². The molecule has 1 aliphatic rings. The maximum atomic E-state index is 11.3. The third kappa shape index (κ3) is 8.96. The van der Waals surface area contributed by atoms with Gasteiger partial charge in [0.2, 0.25) is 0 Å². The van der Waals surface area contributed by atoms with Crippen molar-refractivity contribution in [1.82, 2.24) is 0 Å². The second-order valence-electron chi connectivity index (χ2n) is 4.85. The van der Waals surface area contributed by atoms with Crippen LogP contribution in [0.2, 0.25) is 0 Å². The second kappa shape index (κ2) is 10.4. The molecule has 0 radical (unpaired) electrons. The number of esters is 1. The van der Waals surface area contributed by atoms with Crippen molar-refractivity contribution >= 4 is 5.97 Å². The quantitative estimate of drug-likeness (QED) is 0.462. The van der Waals surface area contributed by atoms with Crippen molar-refractivity contribution in [2.24, 2.45) is 0 Å². The molecule has 0 aliphatic carbocycles. The summed E-state index contributed by atoms with van der Waals surface area (Å²) in [5.41, 5.74) is 0. The SMILES string of the molecule is O=C1CCCC=CCCCCCCCCCO1. The molecule has 0 aromatic rings. The molecule has 0 unspecified atom stereocenters. The molecule has 0 aromatic carbocycles. The zero-order chi connectivity index (χ0) is 12.2. The van der Waals surface area contributed by atoms with E-state index in [2.05, 4.69) is 12.2 Å². The van der Waals surface area contributed by atoms with Gasteiger partial charge in [0.15, 0.2) is 0 Å². The fraction of sp³-hybridized carbons (Fsp3) is 0.800. The van der Waals surface area contributed by atoms with E-state index in [1.165, 1.54) is 44.9 Å². The van der Waals surface area contributed by atoms with Crippen molar-refractivity contribution in [3.8, 4) is 0 Å². The van der Waals surface area contributed by atoms with Crippen LogP contribution >= 0.6 is 0 Å². The smallest absolute Gasteiger partial charge is 0.305 e. The summed E-state index contributed by atoms with van der Waals surface area (Å²) < 4.78 is 5.18. The van der Waals surface area contributed by atoms with Crippen molar-refractivity contribution in [1.29, 1.82) is 0 Å². The maximum absolute atomic E-state index is 11.3. The van der Waals surface area contributed by atoms with E-state index in [1.54, 1.807) is 0 Å². The van der Waals surface area contributed by atoms with Gasteiger partial charge in [0, 0.05) is 6.42 Å². The van der Waals surface area contributed by atoms with E-state index in [-0.39, 0.29) is 5.97 Å². The zero-order valence-corrected chi connectivity index (χ0v) is 11.0. The Morgan fingerprint density at radius 2 is 1.35 bits per heavy atom. The van der Waals surface area contributed by atoms with Crippen LogP contribution in [-0.2, 0) is 9.53 Å². The predicted octanol–water partition coefficient (Wildman–Crippen LogP) is 4.39. The minimum Gasteiger partial charge on any atom is -0.466 e. The largest absolute Gasteiger partial charge is 0.466 e. The minimum absolute atomic E-state index is 0.0227. The minimum atomic E-state index is -0.0227. The average Bonchev–Trinajstić information content (AvgIpc) is 2.32. The summed E-state index contributed by atoms with van der Waals surface area (Å²) in [5, 5.41) is 0. The molecule has 0 saturated carbocycles. The Balaban J connectivity index is 2.19. The molecule has 1 heterocycles. The second-order valence-corrected chi connectivity index (χ2v) is 4.85. The van der Waals surface area contributed by atoms with Crippen LogP contribution in [-0.4, -0.2) is 12.6 Å². The molecule has 1 rings (SSSR count). The standard InChI is InChI=1S/C15H26O2/c16-15-13-11-9-7-5-3-1-2-4-6-8-10-12-14-17-15/h5,7H,1-4,6,8-14H2. The molecule has 0 N–H and O–H groups in total. The van der Waals surface area contributed by atoms with Gasteiger partial charge in [0.25, 0.3) is 0 Å². The molecule has 0 fully saturated rings. The molecular formula is C15H26O2. The molecule has 0 bridgehead atoms. The van der Waals surface area contributed by atoms with E-state index in [4.69, 9.17) is 4.74 Å². The van der Waals surface area contributed by atoms with Gasteiger partial charge in [-0.15, -0.1) is 0 Å². The van der Waals surface area contributed by atoms with Gasteiger partial charge < -0.3 is 4.74 Å². The van der Waals surface area contributed by atoms with Crippen molar-refractivity contribution in [2.45, 2.75) is 70.6 Å². The molecule has 98 valence electrons. The lowest BCUT2D eigenvalue weighted by Gasteiger charge is -2.05. The highest BCUT2D eigenvalue weighted by molar-refractivity contribution is 5.69. The highest BCUT2D eigenvalue weighted by atomic mass is 16.5. The highest BCUT2D eigenvalue weighted by Crippen LogP contribution is 2.10. The lowest BCUT2D eigenvalue weighted by atomic mass is 10.1. The van der Waals surface area contributed by atoms with Crippen LogP contribution in [0.5, 0.6) is 0 Å². The number of hydrogen-bond donors (Lipinski definition) is 0. The van der Waals surface area contributed by atoms with Crippen molar-refractivity contribution in [3.63, 3.8) is 0 Å². The van der Waals surface area contributed by atoms with Gasteiger partial charge in [0.05, 0.1) is 6.61 Å². The van der Waals surface area contributed by atoms with Gasteiger partial charge in [-0.3, -0.25) is 4.79 Å². The number of allylic oxidation sites excluding steroid dienone is 2. The van der Waals surface area contributed by atoms with Crippen LogP contribution < -0.4 is 0 Å². The molecule has 17 heavy (non-hydrogen) atoms. The zero-order valence-electron chi connectivity index (χ0n) is 11.0. The van der Waals surface area contributed by atoms with Gasteiger partial charge in [-0.25, -0.2) is 0 Å². The molecule has 1 aliphatic heterocycles. The fourth-order valence-corrected chi connectivity index (χ4v) is 2.11. The van der Waals surface area contributed by atoms with Crippen LogP contribution in [0.25, 0.3) is 0 Å². The van der Waals surface area contributed by atoms with Crippen LogP contribution in [0.3, 0.4) is 0 Å². The van der Waals surface area contributed by atoms with E-state index in [0.717, 1.165) is 19.3 Å². The monoisotopic (exact) mass is 238 g/mol. The van der Waals surface area contributed by atoms with E-state index >= 15 is 0 Å². The number of hydrogen-bond acceptors (Lipinski definition) is 2. The van der Waals surface area contributed by atoms with E-state index in [9.17, 15) is 4.79 Å². The first kappa shape index (κ1) is 14.3. The molecule has 0 aromatic heterocycles. The summed E-state index contributed by atoms with van der Waals surface area (Å²) in [4.78, 5) is 11.3. The molecular weight excluding hydrogens is 212 g/mol. The number of carbonyl (C=O) groups is 1. The number of cyclic esters (lactones) is 1. The first-order chi connectivity index (χ1) is 8.39. The van der Waals surface area contributed by atoms with Crippen LogP contribution in [0, 0.1) is 0 Å². The van der Waals surface area contributed by atoms with Crippen molar-refractivity contribution in [3.05, 3.63) is 12.2 Å². The number of carbonyl (C=O) groups excluding carboxylic acids is 1. The molecule has 0 atom stereocenters. The molecule has 0 saturated heterocycles. The van der Waals surface area contributed by atoms with Crippen molar-refractivity contribution in [2.75, 3.05) is 6.61 Å².